The maximum Gasteiger partial charge on any atom is 0.145 e. The Kier molecular flexibility index (Phi) is 4.09. The summed E-state index contributed by atoms with van der Waals surface area (Å²) in [7, 11) is 0. The molecule has 2 rings (SSSR count). The van der Waals surface area contributed by atoms with Gasteiger partial charge in [0, 0.05) is 17.2 Å². The van der Waals surface area contributed by atoms with Crippen molar-refractivity contribution in [1.82, 2.24) is 9.97 Å². The number of anilines is 3. The second-order valence-corrected chi connectivity index (χ2v) is 5.94. The van der Waals surface area contributed by atoms with Crippen molar-refractivity contribution < 1.29 is 4.39 Å². The van der Waals surface area contributed by atoms with Gasteiger partial charge in [-0.05, 0) is 30.7 Å². The summed E-state index contributed by atoms with van der Waals surface area (Å²) in [6.45, 7) is 7.90. The topological polar surface area (TPSA) is 75.9 Å². The van der Waals surface area contributed by atoms with Crippen molar-refractivity contribution in [2.24, 2.45) is 5.84 Å². The fourth-order valence-electron chi connectivity index (χ4n) is 1.83. The molecule has 0 fully saturated rings. The predicted octanol–water partition coefficient (Wildman–Crippen LogP) is 3.25. The summed E-state index contributed by atoms with van der Waals surface area (Å²) >= 11 is 0. The van der Waals surface area contributed by atoms with Gasteiger partial charge in [-0.25, -0.2) is 20.2 Å². The van der Waals surface area contributed by atoms with Crippen LogP contribution in [0, 0.1) is 12.7 Å². The summed E-state index contributed by atoms with van der Waals surface area (Å²) in [5.74, 6) is 6.99. The predicted molar refractivity (Wildman–Crippen MR) is 83.0 cm³/mol. The molecule has 0 aliphatic rings. The molecule has 0 saturated heterocycles. The molecule has 1 aromatic carbocycles. The van der Waals surface area contributed by atoms with Gasteiger partial charge in [-0.2, -0.15) is 0 Å². The van der Waals surface area contributed by atoms with Crippen LogP contribution in [0.15, 0.2) is 24.3 Å². The SMILES string of the molecule is Cc1cc(F)ccc1Nc1cc(NN)nc(C(C)(C)C)n1. The lowest BCUT2D eigenvalue weighted by molar-refractivity contribution is 0.547. The van der Waals surface area contributed by atoms with E-state index in [1.54, 1.807) is 12.1 Å². The zero-order valence-electron chi connectivity index (χ0n) is 12.7. The number of nitrogen functional groups attached to an aromatic ring is 1. The molecule has 1 aromatic heterocycles. The van der Waals surface area contributed by atoms with E-state index in [9.17, 15) is 4.39 Å². The minimum Gasteiger partial charge on any atom is -0.340 e. The molecule has 0 atom stereocenters. The molecule has 1 heterocycles. The van der Waals surface area contributed by atoms with E-state index < -0.39 is 0 Å². The largest absolute Gasteiger partial charge is 0.340 e. The number of rotatable bonds is 3. The molecule has 2 aromatic rings. The van der Waals surface area contributed by atoms with E-state index in [1.807, 2.05) is 27.7 Å². The first kappa shape index (κ1) is 15.2. The fraction of sp³-hybridized carbons (Fsp3) is 0.333. The molecule has 5 nitrogen and oxygen atoms in total. The van der Waals surface area contributed by atoms with Crippen LogP contribution < -0.4 is 16.6 Å². The van der Waals surface area contributed by atoms with Crippen LogP contribution in [0.4, 0.5) is 21.7 Å². The molecule has 0 aliphatic heterocycles. The lowest BCUT2D eigenvalue weighted by Crippen LogP contribution is -2.19. The number of aryl methyl sites for hydroxylation is 1. The maximum atomic E-state index is 13.1. The van der Waals surface area contributed by atoms with Crippen LogP contribution in [0.5, 0.6) is 0 Å². The van der Waals surface area contributed by atoms with E-state index >= 15 is 0 Å². The summed E-state index contributed by atoms with van der Waals surface area (Å²) in [5, 5.41) is 3.17. The summed E-state index contributed by atoms with van der Waals surface area (Å²) in [6, 6.07) is 6.26. The lowest BCUT2D eigenvalue weighted by Gasteiger charge is -2.19. The molecule has 0 spiro atoms. The number of halogens is 1. The standard InChI is InChI=1S/C15H20FN5/c1-9-7-10(16)5-6-11(9)18-12-8-13(21-17)20-14(19-12)15(2,3)4/h5-8H,17H2,1-4H3,(H2,18,19,20,21). The quantitative estimate of drug-likeness (QED) is 0.597. The summed E-state index contributed by atoms with van der Waals surface area (Å²) in [5.41, 5.74) is 3.92. The molecular weight excluding hydrogens is 269 g/mol. The zero-order valence-corrected chi connectivity index (χ0v) is 12.7. The van der Waals surface area contributed by atoms with Crippen LogP contribution in [0.3, 0.4) is 0 Å². The molecule has 0 unspecified atom stereocenters. The van der Waals surface area contributed by atoms with Gasteiger partial charge in [-0.1, -0.05) is 20.8 Å². The smallest absolute Gasteiger partial charge is 0.145 e. The van der Waals surface area contributed by atoms with E-state index in [-0.39, 0.29) is 11.2 Å². The maximum absolute atomic E-state index is 13.1. The Morgan fingerprint density at radius 3 is 2.33 bits per heavy atom. The number of hydrogen-bond donors (Lipinski definition) is 3. The Labute approximate surface area is 123 Å². The Bertz CT molecular complexity index is 649. The molecular formula is C15H20FN5. The average molecular weight is 289 g/mol. The van der Waals surface area contributed by atoms with Crippen LogP contribution in [-0.2, 0) is 5.41 Å². The molecule has 0 amide bonds. The van der Waals surface area contributed by atoms with Gasteiger partial charge in [0.1, 0.15) is 23.3 Å². The normalized spacial score (nSPS) is 11.3. The number of benzene rings is 1. The Morgan fingerprint density at radius 2 is 1.76 bits per heavy atom. The number of aromatic nitrogens is 2. The third-order valence-electron chi connectivity index (χ3n) is 3.00. The fourth-order valence-corrected chi connectivity index (χ4v) is 1.83. The molecule has 0 aliphatic carbocycles. The van der Waals surface area contributed by atoms with Crippen molar-refractivity contribution in [1.29, 1.82) is 0 Å². The number of nitrogens with two attached hydrogens (primary N) is 1. The Hall–Kier alpha value is -2.21. The van der Waals surface area contributed by atoms with Gasteiger partial charge < -0.3 is 10.7 Å². The van der Waals surface area contributed by atoms with Crippen LogP contribution >= 0.6 is 0 Å². The summed E-state index contributed by atoms with van der Waals surface area (Å²) in [6.07, 6.45) is 0. The number of nitrogens with zero attached hydrogens (tertiary/aromatic N) is 2. The van der Waals surface area contributed by atoms with Crippen molar-refractivity contribution in [2.75, 3.05) is 10.7 Å². The number of hydrogen-bond acceptors (Lipinski definition) is 5. The second-order valence-electron chi connectivity index (χ2n) is 5.94. The van der Waals surface area contributed by atoms with Gasteiger partial charge in [0.15, 0.2) is 0 Å². The van der Waals surface area contributed by atoms with Crippen molar-refractivity contribution in [2.45, 2.75) is 33.1 Å². The highest BCUT2D eigenvalue weighted by molar-refractivity contribution is 5.62. The minimum absolute atomic E-state index is 0.207. The second kappa shape index (κ2) is 5.65. The van der Waals surface area contributed by atoms with Crippen LogP contribution in [0.25, 0.3) is 0 Å². The Balaban J connectivity index is 2.39. The third kappa shape index (κ3) is 3.66. The lowest BCUT2D eigenvalue weighted by atomic mass is 9.96. The van der Waals surface area contributed by atoms with Crippen molar-refractivity contribution in [3.63, 3.8) is 0 Å². The minimum atomic E-state index is -0.263. The number of nitrogens with one attached hydrogen (secondary N) is 2. The number of hydrazine groups is 1. The summed E-state index contributed by atoms with van der Waals surface area (Å²) < 4.78 is 13.1. The first-order valence-electron chi connectivity index (χ1n) is 6.69. The van der Waals surface area contributed by atoms with Crippen molar-refractivity contribution in [3.05, 3.63) is 41.5 Å². The van der Waals surface area contributed by atoms with Crippen LogP contribution in [-0.4, -0.2) is 9.97 Å². The van der Waals surface area contributed by atoms with E-state index in [0.29, 0.717) is 17.5 Å². The first-order chi connectivity index (χ1) is 9.79. The van der Waals surface area contributed by atoms with E-state index in [1.165, 1.54) is 12.1 Å². The molecule has 0 bridgehead atoms. The average Bonchev–Trinajstić information content (AvgIpc) is 2.40. The zero-order chi connectivity index (χ0) is 15.6. The molecule has 0 radical (unpaired) electrons. The van der Waals surface area contributed by atoms with E-state index in [4.69, 9.17) is 5.84 Å². The van der Waals surface area contributed by atoms with Gasteiger partial charge >= 0.3 is 0 Å². The van der Waals surface area contributed by atoms with Gasteiger partial charge in [-0.3, -0.25) is 0 Å². The molecule has 6 heteroatoms. The molecule has 21 heavy (non-hydrogen) atoms. The molecule has 112 valence electrons. The van der Waals surface area contributed by atoms with E-state index in [0.717, 1.165) is 11.3 Å². The van der Waals surface area contributed by atoms with Crippen LogP contribution in [0.2, 0.25) is 0 Å². The van der Waals surface area contributed by atoms with Gasteiger partial charge in [-0.15, -0.1) is 0 Å². The van der Waals surface area contributed by atoms with Crippen molar-refractivity contribution >= 4 is 17.3 Å². The molecule has 0 saturated carbocycles. The summed E-state index contributed by atoms with van der Waals surface area (Å²) in [4.78, 5) is 8.85. The van der Waals surface area contributed by atoms with Gasteiger partial charge in [0.2, 0.25) is 0 Å². The Morgan fingerprint density at radius 1 is 1.10 bits per heavy atom. The van der Waals surface area contributed by atoms with Crippen molar-refractivity contribution in [3.8, 4) is 0 Å². The first-order valence-corrected chi connectivity index (χ1v) is 6.69. The third-order valence-corrected chi connectivity index (χ3v) is 3.00. The highest BCUT2D eigenvalue weighted by Crippen LogP contribution is 2.25. The van der Waals surface area contributed by atoms with Gasteiger partial charge in [0.05, 0.1) is 0 Å². The highest BCUT2D eigenvalue weighted by Gasteiger charge is 2.19. The molecule has 4 N–H and O–H groups in total. The highest BCUT2D eigenvalue weighted by atomic mass is 19.1. The van der Waals surface area contributed by atoms with Crippen LogP contribution in [0.1, 0.15) is 32.2 Å². The monoisotopic (exact) mass is 289 g/mol. The van der Waals surface area contributed by atoms with E-state index in [2.05, 4.69) is 20.7 Å². The van der Waals surface area contributed by atoms with Gasteiger partial charge in [0.25, 0.3) is 0 Å².